The van der Waals surface area contributed by atoms with Crippen molar-refractivity contribution in [3.63, 3.8) is 0 Å². The first-order valence-corrected chi connectivity index (χ1v) is 8.99. The van der Waals surface area contributed by atoms with E-state index in [-0.39, 0.29) is 5.25 Å². The van der Waals surface area contributed by atoms with Gasteiger partial charge in [-0.1, -0.05) is 24.3 Å². The molecule has 1 heterocycles. The van der Waals surface area contributed by atoms with Gasteiger partial charge in [-0.25, -0.2) is 8.42 Å². The molecular weight excluding hydrogens is 258 g/mol. The minimum Gasteiger partial charge on any atom is -0.300 e. The summed E-state index contributed by atoms with van der Waals surface area (Å²) in [4.78, 5) is 2.49. The Kier molecular flexibility index (Phi) is 3.39. The number of fused-ring (bicyclic) bond motifs is 1. The molecule has 3 nitrogen and oxygen atoms in total. The Morgan fingerprint density at radius 3 is 2.05 bits per heavy atom. The lowest BCUT2D eigenvalue weighted by Crippen LogP contribution is -2.44. The van der Waals surface area contributed by atoms with Crippen molar-refractivity contribution in [2.75, 3.05) is 19.3 Å². The van der Waals surface area contributed by atoms with E-state index < -0.39 is 9.84 Å². The van der Waals surface area contributed by atoms with Crippen molar-refractivity contribution < 1.29 is 8.42 Å². The van der Waals surface area contributed by atoms with Gasteiger partial charge >= 0.3 is 0 Å². The summed E-state index contributed by atoms with van der Waals surface area (Å²) in [5, 5.41) is -0.118. The summed E-state index contributed by atoms with van der Waals surface area (Å²) in [6.07, 6.45) is 5.22. The van der Waals surface area contributed by atoms with Gasteiger partial charge in [0.2, 0.25) is 0 Å². The van der Waals surface area contributed by atoms with Gasteiger partial charge in [0.1, 0.15) is 9.84 Å². The maximum absolute atomic E-state index is 11.6. The van der Waals surface area contributed by atoms with Crippen molar-refractivity contribution in [3.05, 3.63) is 35.4 Å². The number of nitrogens with zero attached hydrogens (tertiary/aromatic N) is 1. The van der Waals surface area contributed by atoms with Crippen molar-refractivity contribution in [1.29, 1.82) is 0 Å². The fourth-order valence-electron chi connectivity index (χ4n) is 3.46. The van der Waals surface area contributed by atoms with Crippen LogP contribution in [0.5, 0.6) is 0 Å². The second kappa shape index (κ2) is 4.91. The Labute approximate surface area is 115 Å². The second-order valence-electron chi connectivity index (χ2n) is 5.90. The van der Waals surface area contributed by atoms with Crippen molar-refractivity contribution in [1.82, 2.24) is 4.90 Å². The van der Waals surface area contributed by atoms with Gasteiger partial charge in [0, 0.05) is 12.3 Å². The molecule has 2 aliphatic rings. The highest BCUT2D eigenvalue weighted by molar-refractivity contribution is 7.91. The first kappa shape index (κ1) is 13.1. The lowest BCUT2D eigenvalue weighted by Gasteiger charge is -2.35. The standard InChI is InChI=1S/C15H21NO2S/c1-19(17,18)15-6-8-16(9-7-15)14-10-12-4-2-3-5-13(12)11-14/h2-5,14-15H,6-11H2,1H3. The summed E-state index contributed by atoms with van der Waals surface area (Å²) in [5.74, 6) is 0. The predicted octanol–water partition coefficient (Wildman–Crippen LogP) is 1.66. The zero-order valence-corrected chi connectivity index (χ0v) is 12.2. The molecule has 0 aromatic heterocycles. The SMILES string of the molecule is CS(=O)(=O)C1CCN(C2Cc3ccccc3C2)CC1. The van der Waals surface area contributed by atoms with Crippen LogP contribution in [0.1, 0.15) is 24.0 Å². The maximum Gasteiger partial charge on any atom is 0.150 e. The van der Waals surface area contributed by atoms with E-state index in [4.69, 9.17) is 0 Å². The molecule has 4 heteroatoms. The normalized spacial score (nSPS) is 22.6. The number of hydrogen-bond donors (Lipinski definition) is 0. The Morgan fingerprint density at radius 1 is 1.05 bits per heavy atom. The number of rotatable bonds is 2. The van der Waals surface area contributed by atoms with Crippen molar-refractivity contribution in [3.8, 4) is 0 Å². The lowest BCUT2D eigenvalue weighted by molar-refractivity contribution is 0.169. The van der Waals surface area contributed by atoms with Crippen LogP contribution in [0.3, 0.4) is 0 Å². The summed E-state index contributed by atoms with van der Waals surface area (Å²) < 4.78 is 23.1. The number of benzene rings is 1. The van der Waals surface area contributed by atoms with Gasteiger partial charge < -0.3 is 0 Å². The Balaban J connectivity index is 1.62. The second-order valence-corrected chi connectivity index (χ2v) is 8.22. The maximum atomic E-state index is 11.6. The van der Waals surface area contributed by atoms with Crippen LogP contribution in [-0.4, -0.2) is 44.0 Å². The zero-order chi connectivity index (χ0) is 13.5. The van der Waals surface area contributed by atoms with E-state index in [9.17, 15) is 8.42 Å². The Hall–Kier alpha value is -0.870. The molecule has 0 radical (unpaired) electrons. The third-order valence-corrected chi connectivity index (χ3v) is 6.31. The number of hydrogen-bond acceptors (Lipinski definition) is 3. The molecule has 1 aliphatic heterocycles. The number of sulfone groups is 1. The van der Waals surface area contributed by atoms with Gasteiger partial charge in [-0.2, -0.15) is 0 Å². The Bertz CT molecular complexity index is 534. The molecule has 1 aromatic rings. The predicted molar refractivity (Wildman–Crippen MR) is 77.1 cm³/mol. The van der Waals surface area contributed by atoms with Crippen molar-refractivity contribution in [2.45, 2.75) is 37.0 Å². The van der Waals surface area contributed by atoms with E-state index in [1.54, 1.807) is 0 Å². The minimum atomic E-state index is -2.85. The average molecular weight is 279 g/mol. The van der Waals surface area contributed by atoms with E-state index in [1.807, 2.05) is 0 Å². The van der Waals surface area contributed by atoms with Crippen molar-refractivity contribution >= 4 is 9.84 Å². The molecule has 0 amide bonds. The molecule has 104 valence electrons. The number of piperidine rings is 1. The molecule has 0 spiro atoms. The van der Waals surface area contributed by atoms with Gasteiger partial charge in [0.25, 0.3) is 0 Å². The molecule has 1 aromatic carbocycles. The summed E-state index contributed by atoms with van der Waals surface area (Å²) in [5.41, 5.74) is 2.94. The molecule has 0 unspecified atom stereocenters. The van der Waals surface area contributed by atoms with Crippen molar-refractivity contribution in [2.24, 2.45) is 0 Å². The van der Waals surface area contributed by atoms with E-state index >= 15 is 0 Å². The molecule has 1 saturated heterocycles. The van der Waals surface area contributed by atoms with Crippen LogP contribution >= 0.6 is 0 Å². The van der Waals surface area contributed by atoms with E-state index in [0.29, 0.717) is 6.04 Å². The highest BCUT2D eigenvalue weighted by Crippen LogP contribution is 2.28. The molecule has 0 bridgehead atoms. The topological polar surface area (TPSA) is 37.4 Å². The summed E-state index contributed by atoms with van der Waals surface area (Å²) in [6.45, 7) is 1.85. The van der Waals surface area contributed by atoms with Crippen LogP contribution in [0.4, 0.5) is 0 Å². The quantitative estimate of drug-likeness (QED) is 0.826. The summed E-state index contributed by atoms with van der Waals surface area (Å²) in [7, 11) is -2.85. The van der Waals surface area contributed by atoms with Crippen LogP contribution in [-0.2, 0) is 22.7 Å². The van der Waals surface area contributed by atoms with Gasteiger partial charge in [0.05, 0.1) is 5.25 Å². The highest BCUT2D eigenvalue weighted by Gasteiger charge is 2.32. The molecule has 0 N–H and O–H groups in total. The van der Waals surface area contributed by atoms with E-state index in [0.717, 1.165) is 38.8 Å². The van der Waals surface area contributed by atoms with Crippen LogP contribution in [0, 0.1) is 0 Å². The molecular formula is C15H21NO2S. The van der Waals surface area contributed by atoms with Gasteiger partial charge in [0.15, 0.2) is 0 Å². The van der Waals surface area contributed by atoms with Crippen LogP contribution in [0.2, 0.25) is 0 Å². The van der Waals surface area contributed by atoms with E-state index in [1.165, 1.54) is 17.4 Å². The third-order valence-electron chi connectivity index (χ3n) is 4.63. The zero-order valence-electron chi connectivity index (χ0n) is 11.4. The van der Waals surface area contributed by atoms with Gasteiger partial charge in [-0.05, 0) is 49.9 Å². The van der Waals surface area contributed by atoms with Crippen LogP contribution in [0.25, 0.3) is 0 Å². The smallest absolute Gasteiger partial charge is 0.150 e. The monoisotopic (exact) mass is 279 g/mol. The first-order chi connectivity index (χ1) is 9.04. The van der Waals surface area contributed by atoms with Crippen LogP contribution < -0.4 is 0 Å². The summed E-state index contributed by atoms with van der Waals surface area (Å²) >= 11 is 0. The largest absolute Gasteiger partial charge is 0.300 e. The first-order valence-electron chi connectivity index (χ1n) is 7.04. The van der Waals surface area contributed by atoms with Gasteiger partial charge in [-0.15, -0.1) is 0 Å². The fraction of sp³-hybridized carbons (Fsp3) is 0.600. The molecule has 1 aliphatic carbocycles. The highest BCUT2D eigenvalue weighted by atomic mass is 32.2. The van der Waals surface area contributed by atoms with E-state index in [2.05, 4.69) is 29.2 Å². The number of likely N-dealkylation sites (tertiary alicyclic amines) is 1. The van der Waals surface area contributed by atoms with Gasteiger partial charge in [-0.3, -0.25) is 4.90 Å². The lowest BCUT2D eigenvalue weighted by atomic mass is 10.1. The molecule has 19 heavy (non-hydrogen) atoms. The third kappa shape index (κ3) is 2.70. The Morgan fingerprint density at radius 2 is 1.58 bits per heavy atom. The fourth-order valence-corrected chi connectivity index (χ4v) is 4.53. The molecule has 3 rings (SSSR count). The van der Waals surface area contributed by atoms with Crippen LogP contribution in [0.15, 0.2) is 24.3 Å². The molecule has 1 fully saturated rings. The summed E-state index contributed by atoms with van der Waals surface area (Å²) in [6, 6.07) is 9.24. The molecule has 0 saturated carbocycles. The average Bonchev–Trinajstić information content (AvgIpc) is 2.81. The molecule has 0 atom stereocenters. The minimum absolute atomic E-state index is 0.118.